The summed E-state index contributed by atoms with van der Waals surface area (Å²) in [6, 6.07) is 22.2. The Bertz CT molecular complexity index is 775. The molecule has 0 heterocycles. The molecule has 0 spiro atoms. The van der Waals surface area contributed by atoms with E-state index in [9.17, 15) is 5.11 Å². The van der Waals surface area contributed by atoms with Gasteiger partial charge in [-0.05, 0) is 39.6 Å². The predicted octanol–water partition coefficient (Wildman–Crippen LogP) is 5.33. The number of hydrogen-bond donors (Lipinski definition) is 1. The van der Waals surface area contributed by atoms with Gasteiger partial charge in [-0.1, -0.05) is 113 Å². The quantitative estimate of drug-likeness (QED) is 0.700. The van der Waals surface area contributed by atoms with Crippen LogP contribution in [0.25, 0.3) is 0 Å². The molecule has 1 saturated carbocycles. The van der Waals surface area contributed by atoms with Crippen LogP contribution in [0.1, 0.15) is 54.4 Å². The van der Waals surface area contributed by atoms with E-state index < -0.39 is 8.07 Å². The highest BCUT2D eigenvalue weighted by atomic mass is 28.3. The second kappa shape index (κ2) is 7.65. The molecule has 0 aromatic heterocycles. The molecule has 0 radical (unpaired) electrons. The van der Waals surface area contributed by atoms with Gasteiger partial charge in [0.15, 0.2) is 0 Å². The van der Waals surface area contributed by atoms with Crippen LogP contribution < -0.4 is 10.4 Å². The van der Waals surface area contributed by atoms with Gasteiger partial charge >= 0.3 is 0 Å². The SMILES string of the molecule is C[C@H]1CC(C)(C)/C(=C\[Si](c2ccccc2)(c2ccccc2)C(C)(C)C)C[C@H]1O. The summed E-state index contributed by atoms with van der Waals surface area (Å²) in [5, 5.41) is 13.7. The van der Waals surface area contributed by atoms with Gasteiger partial charge < -0.3 is 5.11 Å². The summed E-state index contributed by atoms with van der Waals surface area (Å²) in [6.07, 6.45) is 1.59. The van der Waals surface area contributed by atoms with Crippen molar-refractivity contribution in [2.45, 2.75) is 65.5 Å². The number of aliphatic hydroxyl groups is 1. The van der Waals surface area contributed by atoms with Crippen LogP contribution >= 0.6 is 0 Å². The first-order valence-corrected chi connectivity index (χ1v) is 12.7. The van der Waals surface area contributed by atoms with Crippen molar-refractivity contribution in [1.82, 2.24) is 0 Å². The molecule has 2 heteroatoms. The number of aliphatic hydroxyl groups excluding tert-OH is 1. The molecular weight excluding hydrogens is 356 g/mol. The van der Waals surface area contributed by atoms with Gasteiger partial charge in [-0.2, -0.15) is 0 Å². The molecule has 150 valence electrons. The molecule has 1 aliphatic rings. The van der Waals surface area contributed by atoms with E-state index in [0.717, 1.165) is 12.8 Å². The van der Waals surface area contributed by atoms with E-state index in [-0.39, 0.29) is 16.6 Å². The van der Waals surface area contributed by atoms with Gasteiger partial charge in [0.25, 0.3) is 0 Å². The third-order valence-electron chi connectivity index (χ3n) is 6.82. The zero-order chi connectivity index (χ0) is 20.6. The number of rotatable bonds is 3. The molecule has 0 aliphatic heterocycles. The fraction of sp³-hybridized carbons (Fsp3) is 0.462. The fourth-order valence-electron chi connectivity index (χ4n) is 5.11. The van der Waals surface area contributed by atoms with Gasteiger partial charge in [0.05, 0.1) is 6.10 Å². The van der Waals surface area contributed by atoms with Crippen molar-refractivity contribution in [3.63, 3.8) is 0 Å². The van der Waals surface area contributed by atoms with Gasteiger partial charge in [0, 0.05) is 0 Å². The van der Waals surface area contributed by atoms with Gasteiger partial charge in [-0.3, -0.25) is 0 Å². The Hall–Kier alpha value is -1.64. The molecule has 1 nitrogen and oxygen atoms in total. The minimum absolute atomic E-state index is 0.104. The second-order valence-electron chi connectivity index (χ2n) is 10.3. The number of hydrogen-bond acceptors (Lipinski definition) is 1. The zero-order valence-electron chi connectivity index (χ0n) is 18.4. The highest BCUT2D eigenvalue weighted by molar-refractivity contribution is 7.07. The topological polar surface area (TPSA) is 20.2 Å². The Morgan fingerprint density at radius 1 is 0.929 bits per heavy atom. The lowest BCUT2D eigenvalue weighted by Gasteiger charge is -2.46. The lowest BCUT2D eigenvalue weighted by Crippen LogP contribution is -2.63. The molecule has 1 fully saturated rings. The first kappa shape index (κ1) is 21.1. The van der Waals surface area contributed by atoms with E-state index in [0.29, 0.717) is 5.92 Å². The van der Waals surface area contributed by atoms with Crippen molar-refractivity contribution >= 4 is 18.4 Å². The van der Waals surface area contributed by atoms with E-state index in [2.05, 4.69) is 108 Å². The monoisotopic (exact) mass is 392 g/mol. The Kier molecular flexibility index (Phi) is 5.75. The molecule has 3 rings (SSSR count). The largest absolute Gasteiger partial charge is 0.393 e. The first-order chi connectivity index (χ1) is 13.1. The number of benzene rings is 2. The first-order valence-electron chi connectivity index (χ1n) is 10.6. The molecule has 1 aliphatic carbocycles. The van der Waals surface area contributed by atoms with Gasteiger partial charge in [-0.25, -0.2) is 0 Å². The molecule has 0 amide bonds. The van der Waals surface area contributed by atoms with Crippen LogP contribution in [-0.2, 0) is 0 Å². The molecule has 2 aromatic carbocycles. The summed E-state index contributed by atoms with van der Waals surface area (Å²) in [6.45, 7) is 14.1. The van der Waals surface area contributed by atoms with E-state index in [1.807, 2.05) is 0 Å². The Balaban J connectivity index is 2.31. The molecule has 0 saturated heterocycles. The summed E-state index contributed by atoms with van der Waals surface area (Å²) in [4.78, 5) is 0. The van der Waals surface area contributed by atoms with Crippen LogP contribution in [-0.4, -0.2) is 19.3 Å². The van der Waals surface area contributed by atoms with Crippen molar-refractivity contribution < 1.29 is 5.11 Å². The highest BCUT2D eigenvalue weighted by Gasteiger charge is 2.48. The minimum Gasteiger partial charge on any atom is -0.393 e. The second-order valence-corrected chi connectivity index (χ2v) is 14.9. The third kappa shape index (κ3) is 3.77. The van der Waals surface area contributed by atoms with Crippen LogP contribution in [0.4, 0.5) is 0 Å². The van der Waals surface area contributed by atoms with Crippen molar-refractivity contribution in [1.29, 1.82) is 0 Å². The van der Waals surface area contributed by atoms with Crippen LogP contribution in [0.15, 0.2) is 71.9 Å². The van der Waals surface area contributed by atoms with Crippen LogP contribution in [0.5, 0.6) is 0 Å². The zero-order valence-corrected chi connectivity index (χ0v) is 19.4. The van der Waals surface area contributed by atoms with E-state index >= 15 is 0 Å². The maximum absolute atomic E-state index is 10.7. The molecule has 0 bridgehead atoms. The highest BCUT2D eigenvalue weighted by Crippen LogP contribution is 2.46. The molecule has 2 atom stereocenters. The third-order valence-corrected chi connectivity index (χ3v) is 12.5. The summed E-state index contributed by atoms with van der Waals surface area (Å²) >= 11 is 0. The maximum atomic E-state index is 10.7. The van der Waals surface area contributed by atoms with E-state index in [4.69, 9.17) is 0 Å². The van der Waals surface area contributed by atoms with Crippen LogP contribution in [0, 0.1) is 11.3 Å². The van der Waals surface area contributed by atoms with E-state index in [1.54, 1.807) is 0 Å². The lowest BCUT2D eigenvalue weighted by atomic mass is 9.68. The average molecular weight is 393 g/mol. The van der Waals surface area contributed by atoms with Gasteiger partial charge in [0.1, 0.15) is 8.07 Å². The van der Waals surface area contributed by atoms with Crippen molar-refractivity contribution in [2.24, 2.45) is 11.3 Å². The van der Waals surface area contributed by atoms with Crippen molar-refractivity contribution in [3.05, 3.63) is 71.9 Å². The predicted molar refractivity (Wildman–Crippen MR) is 124 cm³/mol. The van der Waals surface area contributed by atoms with Crippen LogP contribution in [0.2, 0.25) is 5.04 Å². The molecule has 1 N–H and O–H groups in total. The fourth-order valence-corrected chi connectivity index (χ4v) is 10.4. The summed E-state index contributed by atoms with van der Waals surface area (Å²) in [5.74, 6) is 0.353. The smallest absolute Gasteiger partial charge is 0.146 e. The molecule has 28 heavy (non-hydrogen) atoms. The summed E-state index contributed by atoms with van der Waals surface area (Å²) < 4.78 is 0. The van der Waals surface area contributed by atoms with E-state index in [1.165, 1.54) is 15.9 Å². The van der Waals surface area contributed by atoms with Crippen molar-refractivity contribution in [3.8, 4) is 0 Å². The Morgan fingerprint density at radius 3 is 1.82 bits per heavy atom. The standard InChI is InChI=1S/C26H36OSi/c1-20-18-26(5,6)21(17-24(20)27)19-28(25(2,3)4,22-13-9-7-10-14-22)23-15-11-8-12-16-23/h7-16,19-20,24,27H,17-18H2,1-6H3/b21-19-/t20-,24+/m0/s1. The summed E-state index contributed by atoms with van der Waals surface area (Å²) in [7, 11) is -2.25. The van der Waals surface area contributed by atoms with Gasteiger partial charge in [0.2, 0.25) is 0 Å². The maximum Gasteiger partial charge on any atom is 0.146 e. The van der Waals surface area contributed by atoms with Crippen molar-refractivity contribution in [2.75, 3.05) is 0 Å². The lowest BCUT2D eigenvalue weighted by molar-refractivity contribution is 0.0639. The molecular formula is C26H36OSi. The van der Waals surface area contributed by atoms with Crippen LogP contribution in [0.3, 0.4) is 0 Å². The Labute approximate surface area is 172 Å². The summed E-state index contributed by atoms with van der Waals surface area (Å²) in [5.41, 5.74) is 4.20. The molecule has 0 unspecified atom stereocenters. The average Bonchev–Trinajstić information content (AvgIpc) is 2.64. The van der Waals surface area contributed by atoms with Gasteiger partial charge in [-0.15, -0.1) is 0 Å². The minimum atomic E-state index is -2.25. The molecule has 2 aromatic rings. The normalized spacial score (nSPS) is 24.3. The Morgan fingerprint density at radius 2 is 1.39 bits per heavy atom.